The van der Waals surface area contributed by atoms with E-state index in [1.807, 2.05) is 30.3 Å². The van der Waals surface area contributed by atoms with Gasteiger partial charge in [0, 0.05) is 18.1 Å². The Labute approximate surface area is 98.0 Å². The fourth-order valence-corrected chi connectivity index (χ4v) is 1.90. The molecule has 86 valence electrons. The molecule has 0 fully saturated rings. The smallest absolute Gasteiger partial charge is 0.394 e. The lowest BCUT2D eigenvalue weighted by molar-refractivity contribution is -0.150. The summed E-state index contributed by atoms with van der Waals surface area (Å²) >= 11 is 1.65. The van der Waals surface area contributed by atoms with Crippen molar-refractivity contribution in [2.24, 2.45) is 0 Å². The van der Waals surface area contributed by atoms with Gasteiger partial charge in [0.05, 0.1) is 0 Å². The molecule has 2 N–H and O–H groups in total. The maximum atomic E-state index is 10.7. The van der Waals surface area contributed by atoms with E-state index < -0.39 is 11.9 Å². The molecule has 0 aliphatic carbocycles. The van der Waals surface area contributed by atoms with Crippen molar-refractivity contribution in [2.45, 2.75) is 5.75 Å². The standard InChI is InChI=1S/C11H13NO3S/c13-10(11(14)15)12-6-7-16-8-9-4-2-1-3-5-9/h1-5H,6-8H2,(H,12,13)(H,14,15). The van der Waals surface area contributed by atoms with Gasteiger partial charge in [-0.15, -0.1) is 0 Å². The molecule has 0 heterocycles. The average Bonchev–Trinajstić information content (AvgIpc) is 2.29. The second kappa shape index (κ2) is 6.90. The van der Waals surface area contributed by atoms with Crippen LogP contribution in [-0.4, -0.2) is 29.3 Å². The predicted octanol–water partition coefficient (Wildman–Crippen LogP) is 1.12. The van der Waals surface area contributed by atoms with Gasteiger partial charge in [0.15, 0.2) is 0 Å². The molecule has 0 radical (unpaired) electrons. The molecule has 16 heavy (non-hydrogen) atoms. The van der Waals surface area contributed by atoms with Gasteiger partial charge in [-0.2, -0.15) is 11.8 Å². The number of benzene rings is 1. The van der Waals surface area contributed by atoms with Gasteiger partial charge in [0.2, 0.25) is 0 Å². The second-order valence-electron chi connectivity index (χ2n) is 3.10. The van der Waals surface area contributed by atoms with E-state index in [2.05, 4.69) is 5.32 Å². The second-order valence-corrected chi connectivity index (χ2v) is 4.20. The number of carboxylic acid groups (broad SMARTS) is 1. The highest BCUT2D eigenvalue weighted by Gasteiger charge is 2.08. The summed E-state index contributed by atoms with van der Waals surface area (Å²) in [5.74, 6) is -0.814. The van der Waals surface area contributed by atoms with Crippen LogP contribution in [0.15, 0.2) is 30.3 Å². The molecule has 0 unspecified atom stereocenters. The number of carbonyl (C=O) groups excluding carboxylic acids is 1. The maximum absolute atomic E-state index is 10.7. The van der Waals surface area contributed by atoms with Crippen LogP contribution in [0.25, 0.3) is 0 Å². The van der Waals surface area contributed by atoms with E-state index in [9.17, 15) is 9.59 Å². The third-order valence-electron chi connectivity index (χ3n) is 1.84. The monoisotopic (exact) mass is 239 g/mol. The highest BCUT2D eigenvalue weighted by atomic mass is 32.2. The Morgan fingerprint density at radius 3 is 2.56 bits per heavy atom. The van der Waals surface area contributed by atoms with Gasteiger partial charge in [0.1, 0.15) is 0 Å². The van der Waals surface area contributed by atoms with E-state index in [4.69, 9.17) is 5.11 Å². The number of hydrogen-bond donors (Lipinski definition) is 2. The van der Waals surface area contributed by atoms with Crippen LogP contribution in [0.1, 0.15) is 5.56 Å². The van der Waals surface area contributed by atoms with Crippen LogP contribution in [0.5, 0.6) is 0 Å². The minimum absolute atomic E-state index is 0.378. The number of carboxylic acids is 1. The van der Waals surface area contributed by atoms with Crippen LogP contribution in [0.2, 0.25) is 0 Å². The zero-order chi connectivity index (χ0) is 11.8. The molecule has 0 spiro atoms. The zero-order valence-corrected chi connectivity index (χ0v) is 9.50. The molecule has 1 aromatic rings. The Morgan fingerprint density at radius 2 is 1.94 bits per heavy atom. The van der Waals surface area contributed by atoms with Gasteiger partial charge in [-0.05, 0) is 5.56 Å². The van der Waals surface area contributed by atoms with Crippen LogP contribution in [0.3, 0.4) is 0 Å². The lowest BCUT2D eigenvalue weighted by Crippen LogP contribution is -2.32. The van der Waals surface area contributed by atoms with Gasteiger partial charge in [-0.25, -0.2) is 4.79 Å². The summed E-state index contributed by atoms with van der Waals surface area (Å²) in [4.78, 5) is 20.8. The van der Waals surface area contributed by atoms with Gasteiger partial charge in [-0.1, -0.05) is 30.3 Å². The van der Waals surface area contributed by atoms with E-state index in [0.717, 1.165) is 5.75 Å². The van der Waals surface area contributed by atoms with Gasteiger partial charge in [-0.3, -0.25) is 4.79 Å². The van der Waals surface area contributed by atoms with Crippen molar-refractivity contribution >= 4 is 23.6 Å². The molecule has 0 saturated heterocycles. The summed E-state index contributed by atoms with van der Waals surface area (Å²) < 4.78 is 0. The molecular formula is C11H13NO3S. The number of rotatable bonds is 5. The van der Waals surface area contributed by atoms with Crippen LogP contribution >= 0.6 is 11.8 Å². The largest absolute Gasteiger partial charge is 0.474 e. The lowest BCUT2D eigenvalue weighted by Gasteiger charge is -2.02. The summed E-state index contributed by atoms with van der Waals surface area (Å²) in [7, 11) is 0. The highest BCUT2D eigenvalue weighted by molar-refractivity contribution is 7.98. The molecule has 0 aliphatic heterocycles. The minimum atomic E-state index is -1.44. The lowest BCUT2D eigenvalue weighted by atomic mass is 10.2. The molecule has 1 rings (SSSR count). The molecule has 0 bridgehead atoms. The molecule has 5 heteroatoms. The van der Waals surface area contributed by atoms with E-state index in [0.29, 0.717) is 12.3 Å². The number of amides is 1. The third kappa shape index (κ3) is 4.84. The number of aliphatic carboxylic acids is 1. The fraction of sp³-hybridized carbons (Fsp3) is 0.273. The van der Waals surface area contributed by atoms with Crippen molar-refractivity contribution in [3.8, 4) is 0 Å². The van der Waals surface area contributed by atoms with Crippen molar-refractivity contribution in [1.29, 1.82) is 0 Å². The normalized spacial score (nSPS) is 9.75. The van der Waals surface area contributed by atoms with Crippen molar-refractivity contribution in [3.05, 3.63) is 35.9 Å². The van der Waals surface area contributed by atoms with Crippen molar-refractivity contribution < 1.29 is 14.7 Å². The molecule has 0 saturated carbocycles. The molecule has 0 atom stereocenters. The molecule has 0 aliphatic rings. The van der Waals surface area contributed by atoms with Crippen LogP contribution < -0.4 is 5.32 Å². The number of carbonyl (C=O) groups is 2. The van der Waals surface area contributed by atoms with Crippen molar-refractivity contribution in [2.75, 3.05) is 12.3 Å². The number of hydrogen-bond acceptors (Lipinski definition) is 3. The summed E-state index contributed by atoms with van der Waals surface area (Å²) in [6.07, 6.45) is 0. The Bertz CT molecular complexity index is 354. The fourth-order valence-electron chi connectivity index (χ4n) is 1.08. The van der Waals surface area contributed by atoms with Gasteiger partial charge >= 0.3 is 11.9 Å². The Hall–Kier alpha value is -1.49. The summed E-state index contributed by atoms with van der Waals surface area (Å²) in [5.41, 5.74) is 1.22. The van der Waals surface area contributed by atoms with Crippen molar-refractivity contribution in [1.82, 2.24) is 5.32 Å². The SMILES string of the molecule is O=C(O)C(=O)NCCSCc1ccccc1. The van der Waals surface area contributed by atoms with Crippen LogP contribution in [-0.2, 0) is 15.3 Å². The first-order chi connectivity index (χ1) is 7.70. The first-order valence-corrected chi connectivity index (χ1v) is 5.98. The van der Waals surface area contributed by atoms with Gasteiger partial charge < -0.3 is 10.4 Å². The zero-order valence-electron chi connectivity index (χ0n) is 8.68. The molecule has 1 aromatic carbocycles. The minimum Gasteiger partial charge on any atom is -0.474 e. The van der Waals surface area contributed by atoms with E-state index in [1.165, 1.54) is 5.56 Å². The summed E-state index contributed by atoms with van der Waals surface area (Å²) in [6.45, 7) is 0.378. The number of nitrogens with one attached hydrogen (secondary N) is 1. The third-order valence-corrected chi connectivity index (χ3v) is 2.87. The van der Waals surface area contributed by atoms with E-state index in [-0.39, 0.29) is 0 Å². The van der Waals surface area contributed by atoms with Gasteiger partial charge in [0.25, 0.3) is 0 Å². The quantitative estimate of drug-likeness (QED) is 0.597. The Morgan fingerprint density at radius 1 is 1.25 bits per heavy atom. The Balaban J connectivity index is 2.09. The Kier molecular flexibility index (Phi) is 5.42. The van der Waals surface area contributed by atoms with E-state index in [1.54, 1.807) is 11.8 Å². The number of thioether (sulfide) groups is 1. The average molecular weight is 239 g/mol. The topological polar surface area (TPSA) is 66.4 Å². The summed E-state index contributed by atoms with van der Waals surface area (Å²) in [6, 6.07) is 9.97. The first-order valence-electron chi connectivity index (χ1n) is 4.83. The molecule has 4 nitrogen and oxygen atoms in total. The van der Waals surface area contributed by atoms with Crippen LogP contribution in [0.4, 0.5) is 0 Å². The molecule has 0 aromatic heterocycles. The first kappa shape index (κ1) is 12.6. The molecular weight excluding hydrogens is 226 g/mol. The highest BCUT2D eigenvalue weighted by Crippen LogP contribution is 2.10. The maximum Gasteiger partial charge on any atom is 0.394 e. The summed E-state index contributed by atoms with van der Waals surface area (Å²) in [5, 5.41) is 10.6. The van der Waals surface area contributed by atoms with Crippen LogP contribution in [0, 0.1) is 0 Å². The van der Waals surface area contributed by atoms with E-state index >= 15 is 0 Å². The molecule has 1 amide bonds. The van der Waals surface area contributed by atoms with Crippen molar-refractivity contribution in [3.63, 3.8) is 0 Å². The predicted molar refractivity (Wildman–Crippen MR) is 63.2 cm³/mol.